The van der Waals surface area contributed by atoms with Crippen LogP contribution in [-0.4, -0.2) is 73.3 Å². The molecule has 0 bridgehead atoms. The van der Waals surface area contributed by atoms with Gasteiger partial charge in [-0.05, 0) is 34.7 Å². The molecule has 5 atom stereocenters. The number of hydrogen-bond donors (Lipinski definition) is 6. The van der Waals surface area contributed by atoms with Crippen molar-refractivity contribution >= 4 is 41.0 Å². The summed E-state index contributed by atoms with van der Waals surface area (Å²) in [6.45, 7) is 0.520. The molecule has 1 saturated carbocycles. The van der Waals surface area contributed by atoms with Crippen molar-refractivity contribution in [3.05, 3.63) is 112 Å². The number of phenols is 1. The van der Waals surface area contributed by atoms with Crippen molar-refractivity contribution in [1.82, 2.24) is 0 Å². The van der Waals surface area contributed by atoms with Crippen molar-refractivity contribution in [2.75, 3.05) is 11.4 Å². The van der Waals surface area contributed by atoms with Gasteiger partial charge in [0.15, 0.2) is 11.4 Å². The lowest BCUT2D eigenvalue weighted by Gasteiger charge is -2.50. The number of anilines is 1. The van der Waals surface area contributed by atoms with E-state index in [1.54, 1.807) is 60.7 Å². The summed E-state index contributed by atoms with van der Waals surface area (Å²) in [5.74, 6) is -11.5. The second kappa shape index (κ2) is 13.4. The van der Waals surface area contributed by atoms with E-state index < -0.39 is 100 Å². The van der Waals surface area contributed by atoms with Crippen molar-refractivity contribution in [2.45, 2.75) is 44.2 Å². The van der Waals surface area contributed by atoms with Crippen LogP contribution in [0.25, 0.3) is 5.76 Å². The fourth-order valence-corrected chi connectivity index (χ4v) is 7.25. The quantitative estimate of drug-likeness (QED) is 0.147. The molecule has 51 heavy (non-hydrogen) atoms. The number of aliphatic hydroxyl groups excluding tert-OH is 3. The highest BCUT2D eigenvalue weighted by atomic mass is 16.6. The Morgan fingerprint density at radius 1 is 0.902 bits per heavy atom. The molecule has 2 amide bonds. The van der Waals surface area contributed by atoms with Gasteiger partial charge in [0.1, 0.15) is 42.6 Å². The third kappa shape index (κ3) is 5.87. The van der Waals surface area contributed by atoms with Gasteiger partial charge in [0.05, 0.1) is 17.4 Å². The van der Waals surface area contributed by atoms with Gasteiger partial charge in [-0.2, -0.15) is 0 Å². The number of benzene rings is 3. The second-order valence-corrected chi connectivity index (χ2v) is 12.6. The number of Topliss-reactive ketones (excluding diaryl/α,β-unsaturated/α-hetero) is 2. The number of rotatable bonds is 8. The van der Waals surface area contributed by atoms with Crippen LogP contribution in [0.4, 0.5) is 10.5 Å². The fraction of sp³-hybridized carbons (Fsp3) is 0.270. The third-order valence-electron chi connectivity index (χ3n) is 9.70. The molecule has 3 aliphatic carbocycles. The van der Waals surface area contributed by atoms with Crippen LogP contribution in [0.1, 0.15) is 41.5 Å². The smallest absolute Gasteiger partial charge is 0.415 e. The Hall–Kier alpha value is -5.99. The van der Waals surface area contributed by atoms with Crippen LogP contribution < -0.4 is 10.6 Å². The number of phenolic OH excluding ortho intramolecular Hbond substituents is 1. The average molecular weight is 699 g/mol. The van der Waals surface area contributed by atoms with Crippen LogP contribution >= 0.6 is 0 Å². The monoisotopic (exact) mass is 698 g/mol. The largest absolute Gasteiger partial charge is 0.508 e. The van der Waals surface area contributed by atoms with E-state index >= 15 is 0 Å². The van der Waals surface area contributed by atoms with Gasteiger partial charge in [0.2, 0.25) is 5.78 Å². The van der Waals surface area contributed by atoms with Gasteiger partial charge < -0.3 is 40.7 Å². The minimum Gasteiger partial charge on any atom is -0.508 e. The summed E-state index contributed by atoms with van der Waals surface area (Å²) in [4.78, 5) is 66.8. The van der Waals surface area contributed by atoms with Crippen LogP contribution in [0.2, 0.25) is 0 Å². The molecule has 0 aromatic heterocycles. The minimum atomic E-state index is -3.02. The standard InChI is InChI=1S/C37H34N2O12/c1-18-26-22(39(36(48)51-17-20-10-6-3-7-11-20)15-25(42)50-16-19-8-4-2-5-9-19)12-13-23(40)28(26)32(44)30-27(18)31(43)21-14-24(41)29(35(38)47)33(45)37(21,49)34(30)46/h2-13,18,21,27,31,40,43-45,49H,14-17H2,1H3,(H2,38,47)/t18-,21+,27+,31+,37+/m0/s1. The first-order chi connectivity index (χ1) is 24.3. The van der Waals surface area contributed by atoms with Crippen molar-refractivity contribution < 1.29 is 59.0 Å². The number of hydrogen-bond acceptors (Lipinski definition) is 12. The molecule has 3 aliphatic rings. The molecular weight excluding hydrogens is 664 g/mol. The van der Waals surface area contributed by atoms with Gasteiger partial charge in [-0.3, -0.25) is 24.1 Å². The molecule has 0 spiro atoms. The molecule has 14 heteroatoms. The fourth-order valence-electron chi connectivity index (χ4n) is 7.25. The number of amides is 2. The SMILES string of the molecule is C[C@H]1c2c(N(CC(=O)OCc3ccccc3)C(=O)OCc3ccccc3)ccc(O)c2C(O)=C2C(=O)[C@]3(O)C(O)=C(C(N)=O)C(=O)C[C@@H]3[C@@H](O)[C@@H]21. The Kier molecular flexibility index (Phi) is 9.14. The molecule has 3 aromatic rings. The number of esters is 1. The molecule has 1 fully saturated rings. The van der Waals surface area contributed by atoms with Gasteiger partial charge in [0.25, 0.3) is 5.91 Å². The van der Waals surface area contributed by atoms with Crippen molar-refractivity contribution in [3.8, 4) is 5.75 Å². The van der Waals surface area contributed by atoms with E-state index in [0.29, 0.717) is 11.1 Å². The number of ketones is 2. The summed E-state index contributed by atoms with van der Waals surface area (Å²) in [6, 6.07) is 19.9. The molecule has 0 heterocycles. The normalized spacial score (nSPS) is 23.9. The molecule has 0 aliphatic heterocycles. The molecule has 14 nitrogen and oxygen atoms in total. The topological polar surface area (TPSA) is 234 Å². The maximum atomic E-state index is 14.0. The number of carbonyl (C=O) groups is 5. The Morgan fingerprint density at radius 3 is 2.08 bits per heavy atom. The zero-order chi connectivity index (χ0) is 36.8. The van der Waals surface area contributed by atoms with Crippen molar-refractivity contribution in [2.24, 2.45) is 17.6 Å². The highest BCUT2D eigenvalue weighted by Gasteiger charge is 2.65. The molecule has 0 radical (unpaired) electrons. The zero-order valence-corrected chi connectivity index (χ0v) is 27.2. The predicted molar refractivity (Wildman–Crippen MR) is 178 cm³/mol. The van der Waals surface area contributed by atoms with Crippen LogP contribution in [-0.2, 0) is 41.9 Å². The van der Waals surface area contributed by atoms with Gasteiger partial charge in [-0.25, -0.2) is 4.79 Å². The predicted octanol–water partition coefficient (Wildman–Crippen LogP) is 2.84. The number of aromatic hydroxyl groups is 1. The molecule has 6 rings (SSSR count). The third-order valence-corrected chi connectivity index (χ3v) is 9.70. The lowest BCUT2D eigenvalue weighted by atomic mass is 9.55. The van der Waals surface area contributed by atoms with Crippen LogP contribution in [0.3, 0.4) is 0 Å². The number of primary amides is 1. The first-order valence-electron chi connectivity index (χ1n) is 16.0. The Morgan fingerprint density at radius 2 is 1.49 bits per heavy atom. The maximum Gasteiger partial charge on any atom is 0.415 e. The molecule has 0 saturated heterocycles. The van der Waals surface area contributed by atoms with E-state index in [-0.39, 0.29) is 30.0 Å². The Labute approximate surface area is 290 Å². The number of nitrogens with two attached hydrogens (primary N) is 1. The highest BCUT2D eigenvalue weighted by Crippen LogP contribution is 2.57. The minimum absolute atomic E-state index is 0.0192. The lowest BCUT2D eigenvalue weighted by molar-refractivity contribution is -0.160. The van der Waals surface area contributed by atoms with E-state index in [0.717, 1.165) is 11.0 Å². The lowest BCUT2D eigenvalue weighted by Crippen LogP contribution is -2.64. The van der Waals surface area contributed by atoms with E-state index in [4.69, 9.17) is 15.2 Å². The summed E-state index contributed by atoms with van der Waals surface area (Å²) in [5.41, 5.74) is 1.56. The van der Waals surface area contributed by atoms with E-state index in [9.17, 15) is 49.5 Å². The van der Waals surface area contributed by atoms with Crippen LogP contribution in [0.5, 0.6) is 5.75 Å². The first-order valence-corrected chi connectivity index (χ1v) is 16.0. The summed E-state index contributed by atoms with van der Waals surface area (Å²) in [6.07, 6.45) is -3.57. The van der Waals surface area contributed by atoms with Crippen LogP contribution in [0.15, 0.2) is 89.7 Å². The molecule has 7 N–H and O–H groups in total. The van der Waals surface area contributed by atoms with Gasteiger partial charge in [-0.15, -0.1) is 0 Å². The number of nitrogens with zero attached hydrogens (tertiary/aromatic N) is 1. The number of carbonyl (C=O) groups excluding carboxylic acids is 5. The summed E-state index contributed by atoms with van der Waals surface area (Å²) in [5, 5.41) is 56.9. The molecule has 3 aromatic carbocycles. The second-order valence-electron chi connectivity index (χ2n) is 12.6. The summed E-state index contributed by atoms with van der Waals surface area (Å²) < 4.78 is 11.0. The summed E-state index contributed by atoms with van der Waals surface area (Å²) >= 11 is 0. The highest BCUT2D eigenvalue weighted by molar-refractivity contribution is 6.23. The molecule has 264 valence electrons. The van der Waals surface area contributed by atoms with E-state index in [1.165, 1.54) is 13.0 Å². The Bertz CT molecular complexity index is 2010. The maximum absolute atomic E-state index is 14.0. The number of ether oxygens (including phenoxy) is 2. The van der Waals surface area contributed by atoms with E-state index in [1.807, 2.05) is 0 Å². The number of fused-ring (bicyclic) bond motifs is 3. The van der Waals surface area contributed by atoms with Gasteiger partial charge >= 0.3 is 12.1 Å². The van der Waals surface area contributed by atoms with Gasteiger partial charge in [-0.1, -0.05) is 67.6 Å². The van der Waals surface area contributed by atoms with Crippen molar-refractivity contribution in [1.29, 1.82) is 0 Å². The first kappa shape index (κ1) is 34.9. The average Bonchev–Trinajstić information content (AvgIpc) is 3.11. The van der Waals surface area contributed by atoms with E-state index in [2.05, 4.69) is 0 Å². The summed E-state index contributed by atoms with van der Waals surface area (Å²) in [7, 11) is 0. The number of aliphatic hydroxyl groups is 4. The van der Waals surface area contributed by atoms with Crippen molar-refractivity contribution in [3.63, 3.8) is 0 Å². The zero-order valence-electron chi connectivity index (χ0n) is 27.2. The van der Waals surface area contributed by atoms with Crippen LogP contribution in [0, 0.1) is 11.8 Å². The van der Waals surface area contributed by atoms with Gasteiger partial charge in [0, 0.05) is 23.8 Å². The molecule has 0 unspecified atom stereocenters. The molecular formula is C37H34N2O12. The Balaban J connectivity index is 1.44.